The fourth-order valence-electron chi connectivity index (χ4n) is 1.80. The van der Waals surface area contributed by atoms with Crippen LogP contribution in [0.25, 0.3) is 11.5 Å². The minimum absolute atomic E-state index is 0.0286. The molecule has 7 nitrogen and oxygen atoms in total. The molecule has 0 radical (unpaired) electrons. The molecule has 1 heterocycles. The molecule has 0 aliphatic carbocycles. The lowest BCUT2D eigenvalue weighted by atomic mass is 10.2. The van der Waals surface area contributed by atoms with Gasteiger partial charge in [-0.1, -0.05) is 6.92 Å². The van der Waals surface area contributed by atoms with E-state index in [0.29, 0.717) is 12.3 Å². The van der Waals surface area contributed by atoms with Crippen LogP contribution >= 0.6 is 0 Å². The number of nitrogens with one attached hydrogen (secondary N) is 1. The minimum atomic E-state index is -0.757. The van der Waals surface area contributed by atoms with Crippen LogP contribution in [-0.4, -0.2) is 28.2 Å². The number of hydrogen-bond donors (Lipinski definition) is 1. The van der Waals surface area contributed by atoms with E-state index >= 15 is 0 Å². The van der Waals surface area contributed by atoms with E-state index in [-0.39, 0.29) is 17.1 Å². The highest BCUT2D eigenvalue weighted by molar-refractivity contribution is 5.56. The molecule has 1 N–H and O–H groups in total. The number of nitro benzene ring substituents is 1. The van der Waals surface area contributed by atoms with Crippen LogP contribution in [-0.2, 0) is 6.42 Å². The Labute approximate surface area is 120 Å². The number of halogens is 1. The molecule has 1 aromatic heterocycles. The van der Waals surface area contributed by atoms with Crippen molar-refractivity contribution >= 4 is 5.69 Å². The average Bonchev–Trinajstić information content (AvgIpc) is 2.92. The Kier molecular flexibility index (Phi) is 4.94. The van der Waals surface area contributed by atoms with Crippen LogP contribution in [0.4, 0.5) is 10.1 Å². The van der Waals surface area contributed by atoms with Crippen LogP contribution in [0.1, 0.15) is 19.2 Å². The van der Waals surface area contributed by atoms with E-state index in [4.69, 9.17) is 4.42 Å². The molecule has 21 heavy (non-hydrogen) atoms. The maximum Gasteiger partial charge on any atom is 0.272 e. The average molecular weight is 294 g/mol. The predicted octanol–water partition coefficient (Wildman–Crippen LogP) is 2.33. The van der Waals surface area contributed by atoms with E-state index in [1.54, 1.807) is 0 Å². The lowest BCUT2D eigenvalue weighted by Gasteiger charge is -1.99. The monoisotopic (exact) mass is 294 g/mol. The van der Waals surface area contributed by atoms with Gasteiger partial charge in [-0.15, -0.1) is 10.2 Å². The van der Waals surface area contributed by atoms with E-state index in [9.17, 15) is 14.5 Å². The number of aryl methyl sites for hydroxylation is 1. The molecule has 0 bridgehead atoms. The second kappa shape index (κ2) is 6.89. The molecule has 0 fully saturated rings. The van der Waals surface area contributed by atoms with Crippen LogP contribution < -0.4 is 5.32 Å². The van der Waals surface area contributed by atoms with Crippen molar-refractivity contribution in [3.05, 3.63) is 40.0 Å². The molecule has 1 aromatic carbocycles. The summed E-state index contributed by atoms with van der Waals surface area (Å²) in [6.07, 6.45) is 1.42. The molecule has 2 rings (SSSR count). The first kappa shape index (κ1) is 15.0. The van der Waals surface area contributed by atoms with Gasteiger partial charge in [0.1, 0.15) is 5.82 Å². The lowest BCUT2D eigenvalue weighted by molar-refractivity contribution is -0.385. The molecule has 0 spiro atoms. The normalized spacial score (nSPS) is 10.8. The van der Waals surface area contributed by atoms with Gasteiger partial charge >= 0.3 is 0 Å². The number of nitrogens with zero attached hydrogens (tertiary/aromatic N) is 3. The summed E-state index contributed by atoms with van der Waals surface area (Å²) in [7, 11) is 0. The number of rotatable bonds is 7. The topological polar surface area (TPSA) is 94.1 Å². The third-order valence-corrected chi connectivity index (χ3v) is 2.85. The predicted molar refractivity (Wildman–Crippen MR) is 73.2 cm³/mol. The van der Waals surface area contributed by atoms with Crippen molar-refractivity contribution in [1.82, 2.24) is 15.5 Å². The number of aromatic nitrogens is 2. The second-order valence-electron chi connectivity index (χ2n) is 4.38. The van der Waals surface area contributed by atoms with Crippen molar-refractivity contribution in [2.24, 2.45) is 0 Å². The van der Waals surface area contributed by atoms with Crippen molar-refractivity contribution in [2.45, 2.75) is 19.8 Å². The molecular weight excluding hydrogens is 279 g/mol. The van der Waals surface area contributed by atoms with Gasteiger partial charge in [-0.05, 0) is 25.6 Å². The van der Waals surface area contributed by atoms with E-state index in [2.05, 4.69) is 15.5 Å². The number of hydrogen-bond acceptors (Lipinski definition) is 6. The fourth-order valence-corrected chi connectivity index (χ4v) is 1.80. The van der Waals surface area contributed by atoms with E-state index in [1.165, 1.54) is 12.1 Å². The summed E-state index contributed by atoms with van der Waals surface area (Å²) >= 11 is 0. The fraction of sp³-hybridized carbons (Fsp3) is 0.385. The molecule has 2 aromatic rings. The van der Waals surface area contributed by atoms with Gasteiger partial charge in [0.15, 0.2) is 0 Å². The SMILES string of the molecule is CCNCCCc1nnc(-c2ccc([N+](=O)[O-])cc2F)o1. The molecule has 112 valence electrons. The van der Waals surface area contributed by atoms with Crippen molar-refractivity contribution < 1.29 is 13.7 Å². The van der Waals surface area contributed by atoms with Gasteiger partial charge < -0.3 is 9.73 Å². The van der Waals surface area contributed by atoms with Crippen molar-refractivity contribution in [3.63, 3.8) is 0 Å². The van der Waals surface area contributed by atoms with Gasteiger partial charge in [0, 0.05) is 12.5 Å². The summed E-state index contributed by atoms with van der Waals surface area (Å²) in [5.41, 5.74) is -0.257. The molecule has 0 saturated heterocycles. The summed E-state index contributed by atoms with van der Waals surface area (Å²) in [4.78, 5) is 9.90. The van der Waals surface area contributed by atoms with E-state index < -0.39 is 10.7 Å². The van der Waals surface area contributed by atoms with Crippen LogP contribution in [0, 0.1) is 15.9 Å². The van der Waals surface area contributed by atoms with E-state index in [0.717, 1.165) is 25.6 Å². The van der Waals surface area contributed by atoms with Crippen LogP contribution in [0.2, 0.25) is 0 Å². The van der Waals surface area contributed by atoms with Crippen molar-refractivity contribution in [1.29, 1.82) is 0 Å². The van der Waals surface area contributed by atoms with Crippen LogP contribution in [0.3, 0.4) is 0 Å². The molecule has 0 aliphatic rings. The summed E-state index contributed by atoms with van der Waals surface area (Å²) in [5.74, 6) is -0.312. The third-order valence-electron chi connectivity index (χ3n) is 2.85. The largest absolute Gasteiger partial charge is 0.421 e. The zero-order valence-corrected chi connectivity index (χ0v) is 11.5. The number of nitro groups is 1. The highest BCUT2D eigenvalue weighted by Gasteiger charge is 2.16. The van der Waals surface area contributed by atoms with E-state index in [1.807, 2.05) is 6.92 Å². The molecule has 0 amide bonds. The Morgan fingerprint density at radius 2 is 2.24 bits per heavy atom. The van der Waals surface area contributed by atoms with Gasteiger partial charge in [-0.3, -0.25) is 10.1 Å². The molecule has 0 atom stereocenters. The number of benzene rings is 1. The van der Waals surface area contributed by atoms with Gasteiger partial charge in [0.2, 0.25) is 5.89 Å². The Morgan fingerprint density at radius 3 is 2.90 bits per heavy atom. The van der Waals surface area contributed by atoms with Crippen molar-refractivity contribution in [3.8, 4) is 11.5 Å². The zero-order valence-electron chi connectivity index (χ0n) is 11.5. The van der Waals surface area contributed by atoms with Gasteiger partial charge in [0.25, 0.3) is 11.6 Å². The Bertz CT molecular complexity index is 630. The summed E-state index contributed by atoms with van der Waals surface area (Å²) < 4.78 is 19.2. The van der Waals surface area contributed by atoms with Gasteiger partial charge in [-0.2, -0.15) is 0 Å². The van der Waals surface area contributed by atoms with Gasteiger partial charge in [-0.25, -0.2) is 4.39 Å². The summed E-state index contributed by atoms with van der Waals surface area (Å²) in [5, 5.41) is 21.3. The maximum atomic E-state index is 13.8. The molecule has 0 aliphatic heterocycles. The smallest absolute Gasteiger partial charge is 0.272 e. The second-order valence-corrected chi connectivity index (χ2v) is 4.38. The third kappa shape index (κ3) is 3.82. The van der Waals surface area contributed by atoms with Crippen LogP contribution in [0.15, 0.2) is 22.6 Å². The zero-order chi connectivity index (χ0) is 15.2. The Morgan fingerprint density at radius 1 is 1.43 bits per heavy atom. The summed E-state index contributed by atoms with van der Waals surface area (Å²) in [6, 6.07) is 3.31. The summed E-state index contributed by atoms with van der Waals surface area (Å²) in [6.45, 7) is 3.74. The molecule has 8 heteroatoms. The Hall–Kier alpha value is -2.35. The minimum Gasteiger partial charge on any atom is -0.421 e. The van der Waals surface area contributed by atoms with Gasteiger partial charge in [0.05, 0.1) is 16.6 Å². The molecule has 0 unspecified atom stereocenters. The highest BCUT2D eigenvalue weighted by atomic mass is 19.1. The Balaban J connectivity index is 2.08. The first-order valence-corrected chi connectivity index (χ1v) is 6.59. The quantitative estimate of drug-likeness (QED) is 0.478. The first-order chi connectivity index (χ1) is 10.1. The first-order valence-electron chi connectivity index (χ1n) is 6.59. The van der Waals surface area contributed by atoms with Crippen molar-refractivity contribution in [2.75, 3.05) is 13.1 Å². The standard InChI is InChI=1S/C13H15FN4O3/c1-2-15-7-3-4-12-16-17-13(21-12)10-6-5-9(18(19)20)8-11(10)14/h5-6,8,15H,2-4,7H2,1H3. The lowest BCUT2D eigenvalue weighted by Crippen LogP contribution is -2.14. The maximum absolute atomic E-state index is 13.8. The molecular formula is C13H15FN4O3. The number of non-ortho nitro benzene ring substituents is 1. The highest BCUT2D eigenvalue weighted by Crippen LogP contribution is 2.25. The molecule has 0 saturated carbocycles. The van der Waals surface area contributed by atoms with Crippen LogP contribution in [0.5, 0.6) is 0 Å².